The van der Waals surface area contributed by atoms with Gasteiger partial charge in [-0.05, 0) is 63.2 Å². The summed E-state index contributed by atoms with van der Waals surface area (Å²) in [5.74, 6) is 0.0686. The zero-order valence-corrected chi connectivity index (χ0v) is 17.6. The Labute approximate surface area is 170 Å². The summed E-state index contributed by atoms with van der Waals surface area (Å²) in [4.78, 5) is 26.7. The molecular weight excluding hydrogens is 378 g/mol. The Bertz CT molecular complexity index is 870. The predicted octanol–water partition coefficient (Wildman–Crippen LogP) is 3.86. The monoisotopic (exact) mass is 403 g/mol. The van der Waals surface area contributed by atoms with Crippen LogP contribution in [0.1, 0.15) is 18.1 Å². The third-order valence-corrected chi connectivity index (χ3v) is 4.97. The summed E-state index contributed by atoms with van der Waals surface area (Å²) >= 11 is 6.00. The smallest absolute Gasteiger partial charge is 0.241 e. The van der Waals surface area contributed by atoms with Crippen molar-refractivity contribution < 1.29 is 14.3 Å². The molecule has 2 N–H and O–H groups in total. The number of halogens is 1. The topological polar surface area (TPSA) is 70.7 Å². The number of ether oxygens (including phenoxy) is 1. The van der Waals surface area contributed by atoms with Gasteiger partial charge in [0.2, 0.25) is 11.8 Å². The molecule has 2 rings (SSSR count). The summed E-state index contributed by atoms with van der Waals surface area (Å²) in [6.45, 7) is 5.77. The van der Waals surface area contributed by atoms with E-state index in [1.807, 2.05) is 32.0 Å². The van der Waals surface area contributed by atoms with Crippen LogP contribution in [-0.4, -0.2) is 43.5 Å². The average Bonchev–Trinajstić information content (AvgIpc) is 2.65. The number of likely N-dealkylation sites (N-methyl/N-ethyl adjacent to an activating group) is 1. The number of nitrogens with one attached hydrogen (secondary N) is 2. The Morgan fingerprint density at radius 3 is 2.54 bits per heavy atom. The summed E-state index contributed by atoms with van der Waals surface area (Å²) in [7, 11) is 3.24. The second-order valence-corrected chi connectivity index (χ2v) is 7.16. The van der Waals surface area contributed by atoms with Crippen LogP contribution in [0.15, 0.2) is 36.4 Å². The molecule has 6 nitrogen and oxygen atoms in total. The van der Waals surface area contributed by atoms with Crippen LogP contribution in [0.5, 0.6) is 5.75 Å². The molecule has 2 aromatic rings. The number of nitrogens with zero attached hydrogens (tertiary/aromatic N) is 1. The van der Waals surface area contributed by atoms with Gasteiger partial charge in [0.15, 0.2) is 0 Å². The number of methoxy groups -OCH3 is 1. The Morgan fingerprint density at radius 1 is 1.14 bits per heavy atom. The molecule has 0 bridgehead atoms. The molecule has 28 heavy (non-hydrogen) atoms. The third kappa shape index (κ3) is 5.47. The van der Waals surface area contributed by atoms with Gasteiger partial charge in [0, 0.05) is 10.7 Å². The van der Waals surface area contributed by atoms with Crippen LogP contribution in [0, 0.1) is 13.8 Å². The van der Waals surface area contributed by atoms with E-state index in [0.29, 0.717) is 16.5 Å². The third-order valence-electron chi connectivity index (χ3n) is 4.73. The van der Waals surface area contributed by atoms with Crippen molar-refractivity contribution in [3.63, 3.8) is 0 Å². The van der Waals surface area contributed by atoms with E-state index in [2.05, 4.69) is 10.6 Å². The summed E-state index contributed by atoms with van der Waals surface area (Å²) in [5.41, 5.74) is 3.39. The first-order chi connectivity index (χ1) is 13.2. The van der Waals surface area contributed by atoms with Crippen LogP contribution in [0.3, 0.4) is 0 Å². The van der Waals surface area contributed by atoms with Gasteiger partial charge in [0.1, 0.15) is 5.75 Å². The number of aryl methyl sites for hydroxylation is 1. The van der Waals surface area contributed by atoms with Gasteiger partial charge < -0.3 is 15.4 Å². The highest BCUT2D eigenvalue weighted by Gasteiger charge is 2.21. The number of hydrogen-bond acceptors (Lipinski definition) is 4. The van der Waals surface area contributed by atoms with E-state index in [-0.39, 0.29) is 18.4 Å². The molecule has 0 saturated heterocycles. The molecular formula is C21H26ClN3O3. The van der Waals surface area contributed by atoms with Gasteiger partial charge in [-0.2, -0.15) is 0 Å². The van der Waals surface area contributed by atoms with Gasteiger partial charge in [0.25, 0.3) is 0 Å². The van der Waals surface area contributed by atoms with Crippen LogP contribution in [0.25, 0.3) is 0 Å². The zero-order chi connectivity index (χ0) is 20.8. The molecule has 150 valence electrons. The van der Waals surface area contributed by atoms with Crippen molar-refractivity contribution in [1.29, 1.82) is 0 Å². The van der Waals surface area contributed by atoms with Crippen molar-refractivity contribution >= 4 is 34.8 Å². The van der Waals surface area contributed by atoms with Crippen molar-refractivity contribution in [1.82, 2.24) is 4.90 Å². The lowest BCUT2D eigenvalue weighted by atomic mass is 10.1. The molecule has 0 aliphatic rings. The SMILES string of the molecule is COc1ccc(Cl)cc1NC(=O)[C@@H](C)N(C)CC(=O)Nc1cccc(C)c1C. The molecule has 0 heterocycles. The van der Waals surface area contributed by atoms with E-state index < -0.39 is 6.04 Å². The van der Waals surface area contributed by atoms with Gasteiger partial charge in [-0.15, -0.1) is 0 Å². The predicted molar refractivity (Wildman–Crippen MR) is 113 cm³/mol. The molecule has 0 saturated carbocycles. The summed E-state index contributed by atoms with van der Waals surface area (Å²) in [6, 6.07) is 10.2. The standard InChI is InChI=1S/C21H26ClN3O3/c1-13-7-6-8-17(14(13)2)23-20(26)12-25(4)15(3)21(27)24-18-11-16(22)9-10-19(18)28-5/h6-11,15H,12H2,1-5H3,(H,23,26)(H,24,27)/t15-/m1/s1. The number of rotatable bonds is 7. The summed E-state index contributed by atoms with van der Waals surface area (Å²) in [6.07, 6.45) is 0. The number of carbonyl (C=O) groups excluding carboxylic acids is 2. The van der Waals surface area contributed by atoms with Gasteiger partial charge in [0.05, 0.1) is 25.4 Å². The molecule has 2 amide bonds. The number of carbonyl (C=O) groups is 2. The minimum Gasteiger partial charge on any atom is -0.495 e. The van der Waals surface area contributed by atoms with Gasteiger partial charge in [-0.25, -0.2) is 0 Å². The number of benzene rings is 2. The highest BCUT2D eigenvalue weighted by atomic mass is 35.5. The average molecular weight is 404 g/mol. The maximum Gasteiger partial charge on any atom is 0.241 e. The number of amides is 2. The van der Waals surface area contributed by atoms with E-state index >= 15 is 0 Å². The second kappa shape index (κ2) is 9.57. The summed E-state index contributed by atoms with van der Waals surface area (Å²) < 4.78 is 5.24. The van der Waals surface area contributed by atoms with Crippen molar-refractivity contribution in [3.05, 3.63) is 52.5 Å². The molecule has 7 heteroatoms. The first kappa shape index (κ1) is 21.7. The van der Waals surface area contributed by atoms with Crippen molar-refractivity contribution in [2.75, 3.05) is 31.3 Å². The quantitative estimate of drug-likeness (QED) is 0.736. The maximum absolute atomic E-state index is 12.6. The van der Waals surface area contributed by atoms with Crippen LogP contribution in [0.4, 0.5) is 11.4 Å². The van der Waals surface area contributed by atoms with Crippen LogP contribution in [0.2, 0.25) is 5.02 Å². The van der Waals surface area contributed by atoms with Gasteiger partial charge in [-0.3, -0.25) is 14.5 Å². The fourth-order valence-corrected chi connectivity index (χ4v) is 2.83. The lowest BCUT2D eigenvalue weighted by Crippen LogP contribution is -2.43. The van der Waals surface area contributed by atoms with E-state index in [9.17, 15) is 9.59 Å². The van der Waals surface area contributed by atoms with Crippen molar-refractivity contribution in [3.8, 4) is 5.75 Å². The Hall–Kier alpha value is -2.57. The molecule has 0 aliphatic heterocycles. The zero-order valence-electron chi connectivity index (χ0n) is 16.8. The van der Waals surface area contributed by atoms with Gasteiger partial charge >= 0.3 is 0 Å². The molecule has 0 unspecified atom stereocenters. The molecule has 2 aromatic carbocycles. The fourth-order valence-electron chi connectivity index (χ4n) is 2.65. The Morgan fingerprint density at radius 2 is 1.86 bits per heavy atom. The van der Waals surface area contributed by atoms with Crippen molar-refractivity contribution in [2.24, 2.45) is 0 Å². The highest BCUT2D eigenvalue weighted by Crippen LogP contribution is 2.28. The minimum atomic E-state index is -0.534. The maximum atomic E-state index is 12.6. The summed E-state index contributed by atoms with van der Waals surface area (Å²) in [5, 5.41) is 6.19. The van der Waals surface area contributed by atoms with E-state index in [0.717, 1.165) is 16.8 Å². The molecule has 0 fully saturated rings. The van der Waals surface area contributed by atoms with Gasteiger partial charge in [-0.1, -0.05) is 23.7 Å². The van der Waals surface area contributed by atoms with E-state index in [1.165, 1.54) is 7.11 Å². The lowest BCUT2D eigenvalue weighted by molar-refractivity contribution is -0.122. The largest absolute Gasteiger partial charge is 0.495 e. The van der Waals surface area contributed by atoms with Crippen LogP contribution in [-0.2, 0) is 9.59 Å². The Kier molecular flexibility index (Phi) is 7.43. The fraction of sp³-hybridized carbons (Fsp3) is 0.333. The first-order valence-electron chi connectivity index (χ1n) is 8.93. The normalized spacial score (nSPS) is 11.8. The molecule has 0 aliphatic carbocycles. The van der Waals surface area contributed by atoms with E-state index in [4.69, 9.17) is 16.3 Å². The second-order valence-electron chi connectivity index (χ2n) is 6.72. The highest BCUT2D eigenvalue weighted by molar-refractivity contribution is 6.31. The minimum absolute atomic E-state index is 0.0780. The Balaban J connectivity index is 1.98. The van der Waals surface area contributed by atoms with Crippen LogP contribution >= 0.6 is 11.6 Å². The number of hydrogen-bond donors (Lipinski definition) is 2. The first-order valence-corrected chi connectivity index (χ1v) is 9.31. The molecule has 1 atom stereocenters. The molecule has 0 aromatic heterocycles. The van der Waals surface area contributed by atoms with Crippen molar-refractivity contribution in [2.45, 2.75) is 26.8 Å². The van der Waals surface area contributed by atoms with Crippen LogP contribution < -0.4 is 15.4 Å². The number of anilines is 2. The van der Waals surface area contributed by atoms with E-state index in [1.54, 1.807) is 37.1 Å². The molecule has 0 spiro atoms. The lowest BCUT2D eigenvalue weighted by Gasteiger charge is -2.24. The molecule has 0 radical (unpaired) electrons.